The van der Waals surface area contributed by atoms with E-state index in [0.717, 1.165) is 24.0 Å². The molecule has 0 bridgehead atoms. The second-order valence-corrected chi connectivity index (χ2v) is 4.92. The average molecular weight is 282 g/mol. The number of aryl methyl sites for hydroxylation is 1. The van der Waals surface area contributed by atoms with Crippen LogP contribution in [0.2, 0.25) is 0 Å². The number of nitrogens with zero attached hydrogens (tertiary/aromatic N) is 1. The van der Waals surface area contributed by atoms with Gasteiger partial charge >= 0.3 is 0 Å². The lowest BCUT2D eigenvalue weighted by Crippen LogP contribution is -2.06. The number of nitriles is 1. The molecule has 0 unspecified atom stereocenters. The second kappa shape index (κ2) is 3.67. The van der Waals surface area contributed by atoms with Crippen molar-refractivity contribution in [3.8, 4) is 17.6 Å². The first kappa shape index (κ1) is 11.3. The van der Waals surface area contributed by atoms with Gasteiger partial charge in [0.25, 0.3) is 0 Å². The number of methoxy groups -OCH3 is 1. The summed E-state index contributed by atoms with van der Waals surface area (Å²) in [6.07, 6.45) is 1.72. The molecule has 0 spiro atoms. The second-order valence-electron chi connectivity index (χ2n) is 4.13. The monoisotopic (exact) mass is 281 g/mol. The Labute approximate surface area is 103 Å². The number of aromatic hydroxyl groups is 1. The van der Waals surface area contributed by atoms with E-state index in [-0.39, 0.29) is 5.75 Å². The van der Waals surface area contributed by atoms with Crippen molar-refractivity contribution < 1.29 is 9.84 Å². The standard InChI is InChI=1S/C12H12BrNO2/c1-7-5-8(12(6-14)3-4-12)11(16-2)9(13)10(7)15/h5,15H,3-4H2,1-2H3. The Hall–Kier alpha value is -1.21. The fourth-order valence-electron chi connectivity index (χ4n) is 1.87. The highest BCUT2D eigenvalue weighted by molar-refractivity contribution is 9.10. The summed E-state index contributed by atoms with van der Waals surface area (Å²) in [5, 5.41) is 19.0. The van der Waals surface area contributed by atoms with Crippen molar-refractivity contribution in [1.29, 1.82) is 5.26 Å². The van der Waals surface area contributed by atoms with Crippen molar-refractivity contribution >= 4 is 15.9 Å². The zero-order chi connectivity index (χ0) is 11.9. The quantitative estimate of drug-likeness (QED) is 0.907. The molecule has 1 N–H and O–H groups in total. The molecule has 1 saturated carbocycles. The molecule has 0 heterocycles. The number of phenolic OH excluding ortho intramolecular Hbond substituents is 1. The highest BCUT2D eigenvalue weighted by Gasteiger charge is 2.47. The van der Waals surface area contributed by atoms with Crippen LogP contribution in [0.15, 0.2) is 10.5 Å². The van der Waals surface area contributed by atoms with Gasteiger partial charge in [-0.3, -0.25) is 0 Å². The minimum Gasteiger partial charge on any atom is -0.506 e. The maximum Gasteiger partial charge on any atom is 0.141 e. The molecule has 2 rings (SSSR count). The Balaban J connectivity index is 2.67. The molecule has 0 radical (unpaired) electrons. The molecule has 0 amide bonds. The number of hydrogen-bond acceptors (Lipinski definition) is 3. The summed E-state index contributed by atoms with van der Waals surface area (Å²) in [6.45, 7) is 1.82. The van der Waals surface area contributed by atoms with E-state index in [0.29, 0.717) is 10.2 Å². The lowest BCUT2D eigenvalue weighted by molar-refractivity contribution is 0.395. The Morgan fingerprint density at radius 3 is 2.62 bits per heavy atom. The fourth-order valence-corrected chi connectivity index (χ4v) is 2.56. The van der Waals surface area contributed by atoms with E-state index in [1.807, 2.05) is 13.0 Å². The van der Waals surface area contributed by atoms with E-state index in [1.165, 1.54) is 0 Å². The maximum atomic E-state index is 9.79. The van der Waals surface area contributed by atoms with Gasteiger partial charge in [-0.05, 0) is 47.3 Å². The number of phenols is 1. The van der Waals surface area contributed by atoms with Crippen LogP contribution in [-0.2, 0) is 5.41 Å². The van der Waals surface area contributed by atoms with E-state index < -0.39 is 5.41 Å². The number of benzene rings is 1. The first-order chi connectivity index (χ1) is 7.55. The Bertz CT molecular complexity index is 487. The predicted molar refractivity (Wildman–Crippen MR) is 63.6 cm³/mol. The summed E-state index contributed by atoms with van der Waals surface area (Å²) in [5.41, 5.74) is 1.22. The van der Waals surface area contributed by atoms with Gasteiger partial charge in [0, 0.05) is 5.56 Å². The number of rotatable bonds is 2. The minimum atomic E-state index is -0.410. The molecule has 0 atom stereocenters. The Morgan fingerprint density at radius 1 is 1.56 bits per heavy atom. The summed E-state index contributed by atoms with van der Waals surface area (Å²) >= 11 is 3.31. The van der Waals surface area contributed by atoms with Gasteiger partial charge in [0.1, 0.15) is 16.0 Å². The highest BCUT2D eigenvalue weighted by atomic mass is 79.9. The molecule has 0 saturated heterocycles. The van der Waals surface area contributed by atoms with Gasteiger partial charge in [0.2, 0.25) is 0 Å². The maximum absolute atomic E-state index is 9.79. The largest absolute Gasteiger partial charge is 0.506 e. The summed E-state index contributed by atoms with van der Waals surface area (Å²) in [6, 6.07) is 4.18. The van der Waals surface area contributed by atoms with Crippen LogP contribution in [0.1, 0.15) is 24.0 Å². The van der Waals surface area contributed by atoms with Gasteiger partial charge in [-0.2, -0.15) is 5.26 Å². The van der Waals surface area contributed by atoms with Gasteiger partial charge in [-0.15, -0.1) is 0 Å². The van der Waals surface area contributed by atoms with Crippen LogP contribution in [0, 0.1) is 18.3 Å². The summed E-state index contributed by atoms with van der Waals surface area (Å²) in [7, 11) is 1.55. The topological polar surface area (TPSA) is 53.2 Å². The first-order valence-electron chi connectivity index (χ1n) is 5.03. The molecule has 1 aliphatic carbocycles. The number of halogens is 1. The molecule has 84 valence electrons. The highest BCUT2D eigenvalue weighted by Crippen LogP contribution is 2.54. The average Bonchev–Trinajstić information content (AvgIpc) is 3.06. The van der Waals surface area contributed by atoms with E-state index in [4.69, 9.17) is 4.74 Å². The Kier molecular flexibility index (Phi) is 2.59. The van der Waals surface area contributed by atoms with E-state index >= 15 is 0 Å². The molecule has 1 fully saturated rings. The molecular weight excluding hydrogens is 270 g/mol. The zero-order valence-electron chi connectivity index (χ0n) is 9.17. The molecule has 4 heteroatoms. The third-order valence-electron chi connectivity index (χ3n) is 3.07. The molecule has 0 aliphatic heterocycles. The smallest absolute Gasteiger partial charge is 0.141 e. The van der Waals surface area contributed by atoms with Gasteiger partial charge < -0.3 is 9.84 Å². The van der Waals surface area contributed by atoms with Crippen molar-refractivity contribution in [3.05, 3.63) is 21.7 Å². The number of hydrogen-bond donors (Lipinski definition) is 1. The third kappa shape index (κ3) is 1.47. The van der Waals surface area contributed by atoms with Crippen molar-refractivity contribution in [3.63, 3.8) is 0 Å². The third-order valence-corrected chi connectivity index (χ3v) is 3.81. The van der Waals surface area contributed by atoms with Crippen molar-refractivity contribution in [2.24, 2.45) is 0 Å². The molecule has 1 aliphatic rings. The fraction of sp³-hybridized carbons (Fsp3) is 0.417. The Morgan fingerprint density at radius 2 is 2.19 bits per heavy atom. The van der Waals surface area contributed by atoms with Gasteiger partial charge in [-0.25, -0.2) is 0 Å². The lowest BCUT2D eigenvalue weighted by Gasteiger charge is -2.16. The molecule has 16 heavy (non-hydrogen) atoms. The minimum absolute atomic E-state index is 0.175. The van der Waals surface area contributed by atoms with Crippen molar-refractivity contribution in [1.82, 2.24) is 0 Å². The van der Waals surface area contributed by atoms with Gasteiger partial charge in [-0.1, -0.05) is 0 Å². The predicted octanol–water partition coefficient (Wildman–Crippen LogP) is 3.03. The molecule has 0 aromatic heterocycles. The van der Waals surface area contributed by atoms with Crippen molar-refractivity contribution in [2.75, 3.05) is 7.11 Å². The molecule has 3 nitrogen and oxygen atoms in total. The zero-order valence-corrected chi connectivity index (χ0v) is 10.8. The molecule has 1 aromatic rings. The lowest BCUT2D eigenvalue weighted by atomic mass is 9.94. The number of ether oxygens (including phenoxy) is 1. The van der Waals surface area contributed by atoms with Crippen LogP contribution >= 0.6 is 15.9 Å². The van der Waals surface area contributed by atoms with E-state index in [1.54, 1.807) is 7.11 Å². The van der Waals surface area contributed by atoms with Gasteiger partial charge in [0.15, 0.2) is 0 Å². The van der Waals surface area contributed by atoms with Crippen LogP contribution in [0.25, 0.3) is 0 Å². The normalized spacial score (nSPS) is 16.6. The molecule has 1 aromatic carbocycles. The van der Waals surface area contributed by atoms with Crippen LogP contribution in [0.5, 0.6) is 11.5 Å². The van der Waals surface area contributed by atoms with Crippen LogP contribution < -0.4 is 4.74 Å². The summed E-state index contributed by atoms with van der Waals surface area (Å²) in [4.78, 5) is 0. The SMILES string of the molecule is COc1c(C2(C#N)CC2)cc(C)c(O)c1Br. The van der Waals surface area contributed by atoms with E-state index in [2.05, 4.69) is 22.0 Å². The van der Waals surface area contributed by atoms with E-state index in [9.17, 15) is 10.4 Å². The van der Waals surface area contributed by atoms with Crippen LogP contribution in [0.3, 0.4) is 0 Å². The first-order valence-corrected chi connectivity index (χ1v) is 5.83. The van der Waals surface area contributed by atoms with Crippen molar-refractivity contribution in [2.45, 2.75) is 25.2 Å². The van der Waals surface area contributed by atoms with Gasteiger partial charge in [0.05, 0.1) is 18.6 Å². The van der Waals surface area contributed by atoms with Crippen LogP contribution in [-0.4, -0.2) is 12.2 Å². The molecular formula is C12H12BrNO2. The van der Waals surface area contributed by atoms with Crippen LogP contribution in [0.4, 0.5) is 0 Å². The summed E-state index contributed by atoms with van der Waals surface area (Å²) < 4.78 is 5.82. The summed E-state index contributed by atoms with van der Waals surface area (Å²) in [5.74, 6) is 0.747.